The van der Waals surface area contributed by atoms with Crippen LogP contribution in [-0.4, -0.2) is 9.13 Å². The van der Waals surface area contributed by atoms with Gasteiger partial charge in [0.25, 0.3) is 0 Å². The molecule has 0 fully saturated rings. The summed E-state index contributed by atoms with van der Waals surface area (Å²) < 4.78 is 5.02. The molecule has 4 aliphatic rings. The maximum atomic E-state index is 2.52. The van der Waals surface area contributed by atoms with Gasteiger partial charge in [-0.3, -0.25) is 0 Å². The smallest absolute Gasteiger partial charge is 0.0726 e. The number of hydrogen-bond donors (Lipinski definition) is 0. The Morgan fingerprint density at radius 1 is 0.173 bits per heavy atom. The minimum Gasteiger partial charge on any atom is -0.309 e. The number of hydrogen-bond acceptors (Lipinski definition) is 2. The van der Waals surface area contributed by atoms with E-state index in [1.54, 1.807) is 0 Å². The maximum Gasteiger partial charge on any atom is 0.0726 e. The van der Waals surface area contributed by atoms with E-state index in [-0.39, 0.29) is 0 Å². The summed E-state index contributed by atoms with van der Waals surface area (Å²) in [7, 11) is 0. The van der Waals surface area contributed by atoms with E-state index in [1.165, 1.54) is 111 Å². The molecule has 482 valence electrons. The van der Waals surface area contributed by atoms with Crippen LogP contribution in [0, 0.1) is 0 Å². The van der Waals surface area contributed by atoms with Crippen LogP contribution < -0.4 is 9.80 Å². The quantitative estimate of drug-likeness (QED) is 0.111. The van der Waals surface area contributed by atoms with Crippen LogP contribution >= 0.6 is 0 Å². The molecule has 17 aromatic carbocycles. The Hall–Kier alpha value is -13.5. The highest BCUT2D eigenvalue weighted by Crippen LogP contribution is 2.65. The van der Waals surface area contributed by atoms with Gasteiger partial charge < -0.3 is 18.9 Å². The SMILES string of the molecule is c1ccc(N(c2ccc3c(c2)c2ccccc2n3-c2ccc3c(c2)C2(c4ccccc4-c4ccccc42)c2ccccc2-3)c2c3ccccc3c(N(c3ccccc3)c3ccc4c(c3)c3ccccc3n4-c3ccc4c(c3)C3(c5ccccc5-c5ccccc53)c3ccccc3-4)c3ccccc23)cc1. The van der Waals surface area contributed by atoms with Crippen molar-refractivity contribution in [2.24, 2.45) is 0 Å². The standard InChI is InChI=1S/C100H62N4/c1-3-27-63(28-4-1)101(65-53-57-95-83(59-65)77-37-17-25-49-93(77)103(95)67-51-55-75-73-35-15-23-47-89(73)99(91(75)61-67)85-43-19-11-31-69(85)70-32-12-20-44-86(70)99)97-79-39-7-9-41-81(79)98(82-42-10-8-40-80(82)97)102(64-29-5-2-6-30-64)66-54-58-96-84(60-66)78-38-18-26-50-94(78)104(96)68-52-56-76-74-36-16-24-48-90(74)100(92(76)62-68)87-45-21-13-33-71(87)72-34-14-22-46-88(72)100/h1-62H. The predicted molar refractivity (Wildman–Crippen MR) is 432 cm³/mol. The lowest BCUT2D eigenvalue weighted by Gasteiger charge is -2.33. The van der Waals surface area contributed by atoms with Gasteiger partial charge in [0.15, 0.2) is 0 Å². The third kappa shape index (κ3) is 7.50. The Bertz CT molecular complexity index is 6290. The topological polar surface area (TPSA) is 16.3 Å². The molecule has 0 radical (unpaired) electrons. The lowest BCUT2D eigenvalue weighted by atomic mass is 9.70. The number of benzene rings is 17. The van der Waals surface area contributed by atoms with Crippen LogP contribution in [0.3, 0.4) is 0 Å². The Kier molecular flexibility index (Phi) is 11.8. The van der Waals surface area contributed by atoms with Gasteiger partial charge in [0.1, 0.15) is 0 Å². The molecule has 2 aromatic heterocycles. The molecular formula is C100H62N4. The molecule has 104 heavy (non-hydrogen) atoms. The molecule has 19 aromatic rings. The predicted octanol–water partition coefficient (Wildman–Crippen LogP) is 25.8. The van der Waals surface area contributed by atoms with E-state index in [2.05, 4.69) is 395 Å². The second-order valence-corrected chi connectivity index (χ2v) is 28.5. The number of para-hydroxylation sites is 4. The zero-order chi connectivity index (χ0) is 67.9. The highest BCUT2D eigenvalue weighted by Gasteiger charge is 2.53. The van der Waals surface area contributed by atoms with E-state index in [9.17, 15) is 0 Å². The van der Waals surface area contributed by atoms with E-state index >= 15 is 0 Å². The normalized spacial score (nSPS) is 13.5. The number of fused-ring (bicyclic) bond motifs is 28. The molecule has 4 aliphatic carbocycles. The first-order chi connectivity index (χ1) is 51.6. The monoisotopic (exact) mass is 1320 g/mol. The van der Waals surface area contributed by atoms with E-state index in [1.807, 2.05) is 0 Å². The molecule has 2 spiro atoms. The largest absolute Gasteiger partial charge is 0.309 e. The van der Waals surface area contributed by atoms with Crippen LogP contribution in [0.1, 0.15) is 44.5 Å². The van der Waals surface area contributed by atoms with E-state index in [0.29, 0.717) is 0 Å². The van der Waals surface area contributed by atoms with Crippen LogP contribution in [-0.2, 0) is 10.8 Å². The van der Waals surface area contributed by atoms with Crippen molar-refractivity contribution in [3.63, 3.8) is 0 Å². The van der Waals surface area contributed by atoms with Gasteiger partial charge in [-0.2, -0.15) is 0 Å². The second-order valence-electron chi connectivity index (χ2n) is 28.5. The first kappa shape index (κ1) is 57.2. The molecule has 23 rings (SSSR count). The molecule has 0 aliphatic heterocycles. The van der Waals surface area contributed by atoms with Gasteiger partial charge in [-0.1, -0.05) is 279 Å². The van der Waals surface area contributed by atoms with Gasteiger partial charge in [-0.05, 0) is 186 Å². The third-order valence-corrected chi connectivity index (χ3v) is 23.7. The molecule has 0 saturated heterocycles. The number of nitrogens with zero attached hydrogens (tertiary/aromatic N) is 4. The van der Waals surface area contributed by atoms with Crippen molar-refractivity contribution >= 4 is 99.3 Å². The summed E-state index contributed by atoms with van der Waals surface area (Å²) in [6, 6.07) is 142. The zero-order valence-corrected chi connectivity index (χ0v) is 56.6. The fourth-order valence-corrected chi connectivity index (χ4v) is 19.7. The van der Waals surface area contributed by atoms with E-state index in [4.69, 9.17) is 0 Å². The molecule has 0 N–H and O–H groups in total. The van der Waals surface area contributed by atoms with Gasteiger partial charge >= 0.3 is 0 Å². The van der Waals surface area contributed by atoms with E-state index in [0.717, 1.165) is 89.1 Å². The first-order valence-electron chi connectivity index (χ1n) is 36.2. The van der Waals surface area contributed by atoms with Crippen molar-refractivity contribution in [3.05, 3.63) is 421 Å². The van der Waals surface area contributed by atoms with Crippen LogP contribution in [0.25, 0.3) is 121 Å². The average Bonchev–Trinajstić information content (AvgIpc) is 1.51. The fourth-order valence-electron chi connectivity index (χ4n) is 19.7. The van der Waals surface area contributed by atoms with E-state index < -0.39 is 10.8 Å². The zero-order valence-electron chi connectivity index (χ0n) is 56.6. The number of rotatable bonds is 8. The van der Waals surface area contributed by atoms with Gasteiger partial charge in [0, 0.05) is 77.2 Å². The molecule has 2 heterocycles. The Balaban J connectivity index is 0.700. The third-order valence-electron chi connectivity index (χ3n) is 23.7. The summed E-state index contributed by atoms with van der Waals surface area (Å²) in [4.78, 5) is 5.03. The summed E-state index contributed by atoms with van der Waals surface area (Å²) in [6.07, 6.45) is 0. The second kappa shape index (κ2) is 21.5. The Morgan fingerprint density at radius 2 is 0.433 bits per heavy atom. The average molecular weight is 1320 g/mol. The van der Waals surface area contributed by atoms with Gasteiger partial charge in [0.05, 0.1) is 44.3 Å². The van der Waals surface area contributed by atoms with Gasteiger partial charge in [-0.25, -0.2) is 0 Å². The summed E-state index contributed by atoms with van der Waals surface area (Å²) in [5.41, 5.74) is 33.6. The number of anilines is 6. The van der Waals surface area contributed by atoms with Crippen LogP contribution in [0.15, 0.2) is 376 Å². The summed E-state index contributed by atoms with van der Waals surface area (Å²) >= 11 is 0. The van der Waals surface area contributed by atoms with Crippen LogP contribution in [0.2, 0.25) is 0 Å². The lowest BCUT2D eigenvalue weighted by molar-refractivity contribution is 0.792. The van der Waals surface area contributed by atoms with Crippen molar-refractivity contribution in [2.45, 2.75) is 10.8 Å². The number of aromatic nitrogens is 2. The molecule has 4 heteroatoms. The Morgan fingerprint density at radius 3 is 0.760 bits per heavy atom. The minimum atomic E-state index is -0.465. The highest BCUT2D eigenvalue weighted by molar-refractivity contribution is 6.24. The molecule has 0 amide bonds. The van der Waals surface area contributed by atoms with Crippen molar-refractivity contribution in [1.82, 2.24) is 9.13 Å². The minimum absolute atomic E-state index is 0.465. The fraction of sp³-hybridized carbons (Fsp3) is 0.0200. The van der Waals surface area contributed by atoms with Crippen molar-refractivity contribution in [2.75, 3.05) is 9.80 Å². The molecule has 0 saturated carbocycles. The van der Waals surface area contributed by atoms with Crippen molar-refractivity contribution < 1.29 is 0 Å². The van der Waals surface area contributed by atoms with Gasteiger partial charge in [-0.15, -0.1) is 0 Å². The van der Waals surface area contributed by atoms with Crippen molar-refractivity contribution in [3.8, 4) is 55.9 Å². The summed E-state index contributed by atoms with van der Waals surface area (Å²) in [5.74, 6) is 0. The highest BCUT2D eigenvalue weighted by atomic mass is 15.2. The summed E-state index contributed by atoms with van der Waals surface area (Å²) in [6.45, 7) is 0. The molecular weight excluding hydrogens is 1260 g/mol. The van der Waals surface area contributed by atoms with Gasteiger partial charge in [0.2, 0.25) is 0 Å². The van der Waals surface area contributed by atoms with Crippen LogP contribution in [0.5, 0.6) is 0 Å². The Labute approximate surface area is 601 Å². The maximum absolute atomic E-state index is 2.52. The lowest BCUT2D eigenvalue weighted by Crippen LogP contribution is -2.26. The molecule has 0 bridgehead atoms. The first-order valence-corrected chi connectivity index (χ1v) is 36.2. The van der Waals surface area contributed by atoms with Crippen molar-refractivity contribution in [1.29, 1.82) is 0 Å². The molecule has 4 nitrogen and oxygen atoms in total. The van der Waals surface area contributed by atoms with Crippen LogP contribution in [0.4, 0.5) is 34.1 Å². The molecule has 0 unspecified atom stereocenters. The summed E-state index contributed by atoms with van der Waals surface area (Å²) in [5, 5.41) is 9.31. The molecule has 0 atom stereocenters.